The van der Waals surface area contributed by atoms with Gasteiger partial charge in [0.25, 0.3) is 5.91 Å². The van der Waals surface area contributed by atoms with Gasteiger partial charge in [-0.2, -0.15) is 13.2 Å². The number of ketones is 1. The molecule has 0 atom stereocenters. The van der Waals surface area contributed by atoms with Crippen LogP contribution in [0.15, 0.2) is 36.4 Å². The van der Waals surface area contributed by atoms with Gasteiger partial charge in [0, 0.05) is 31.5 Å². The summed E-state index contributed by atoms with van der Waals surface area (Å²) in [7, 11) is 0. The fourth-order valence-corrected chi connectivity index (χ4v) is 4.34. The Balaban J connectivity index is 1.35. The van der Waals surface area contributed by atoms with Gasteiger partial charge in [-0.15, -0.1) is 0 Å². The molecule has 3 aliphatic heterocycles. The molecule has 2 aromatic rings. The van der Waals surface area contributed by atoms with E-state index < -0.39 is 23.1 Å². The molecule has 31 heavy (non-hydrogen) atoms. The topological polar surface area (TPSA) is 65.1 Å². The summed E-state index contributed by atoms with van der Waals surface area (Å²) in [6.45, 7) is 0.639. The van der Waals surface area contributed by atoms with Gasteiger partial charge in [0.15, 0.2) is 17.3 Å². The van der Waals surface area contributed by atoms with Crippen LogP contribution in [0.25, 0.3) is 0 Å². The van der Waals surface area contributed by atoms with Crippen LogP contribution in [0.4, 0.5) is 13.2 Å². The first-order valence-corrected chi connectivity index (χ1v) is 9.87. The molecular formula is C22H18F3NO5. The summed E-state index contributed by atoms with van der Waals surface area (Å²) in [5.74, 6) is 0.0792. The maximum Gasteiger partial charge on any atom is 0.419 e. The highest BCUT2D eigenvalue weighted by Gasteiger charge is 2.47. The van der Waals surface area contributed by atoms with Crippen molar-refractivity contribution >= 4 is 11.7 Å². The SMILES string of the molecule is O=C1CC2(CCN(C(=O)c3ccc4c(c3)OCO4)CC2)Oc2c1cccc2C(F)(F)F. The molecule has 0 N–H and O–H groups in total. The average Bonchev–Trinajstić information content (AvgIpc) is 3.20. The van der Waals surface area contributed by atoms with Crippen molar-refractivity contribution in [1.82, 2.24) is 4.90 Å². The number of ether oxygens (including phenoxy) is 3. The number of benzene rings is 2. The van der Waals surface area contributed by atoms with Crippen LogP contribution >= 0.6 is 0 Å². The Hall–Kier alpha value is -3.23. The first kappa shape index (κ1) is 19.7. The number of likely N-dealkylation sites (tertiary alicyclic amines) is 1. The Labute approximate surface area is 175 Å². The number of piperidine rings is 1. The Morgan fingerprint density at radius 2 is 1.77 bits per heavy atom. The van der Waals surface area contributed by atoms with Gasteiger partial charge < -0.3 is 19.1 Å². The number of fused-ring (bicyclic) bond motifs is 2. The fraction of sp³-hybridized carbons (Fsp3) is 0.364. The van der Waals surface area contributed by atoms with E-state index in [0.717, 1.165) is 6.07 Å². The largest absolute Gasteiger partial charge is 0.485 e. The molecule has 2 aromatic carbocycles. The van der Waals surface area contributed by atoms with Crippen molar-refractivity contribution < 1.29 is 37.0 Å². The van der Waals surface area contributed by atoms with Crippen molar-refractivity contribution in [2.45, 2.75) is 31.0 Å². The van der Waals surface area contributed by atoms with Crippen molar-refractivity contribution in [3.05, 3.63) is 53.1 Å². The summed E-state index contributed by atoms with van der Waals surface area (Å²) in [5.41, 5.74) is -1.60. The number of halogens is 3. The number of para-hydroxylation sites is 1. The van der Waals surface area contributed by atoms with E-state index in [-0.39, 0.29) is 56.4 Å². The molecule has 9 heteroatoms. The van der Waals surface area contributed by atoms with E-state index in [0.29, 0.717) is 17.1 Å². The summed E-state index contributed by atoms with van der Waals surface area (Å²) in [6.07, 6.45) is -4.10. The number of hydrogen-bond donors (Lipinski definition) is 0. The van der Waals surface area contributed by atoms with Crippen LogP contribution in [-0.2, 0) is 6.18 Å². The van der Waals surface area contributed by atoms with Gasteiger partial charge in [0.2, 0.25) is 6.79 Å². The molecule has 1 amide bonds. The van der Waals surface area contributed by atoms with Crippen molar-refractivity contribution in [3.63, 3.8) is 0 Å². The standard InChI is InChI=1S/C22H18F3NO5/c23-22(24,25)15-3-1-2-14-16(27)11-21(31-19(14)15)6-8-26(9-7-21)20(28)13-4-5-17-18(10-13)30-12-29-17/h1-5,10H,6-9,11-12H2. The Bertz CT molecular complexity index is 1070. The Morgan fingerprint density at radius 3 is 2.52 bits per heavy atom. The molecule has 0 radical (unpaired) electrons. The Morgan fingerprint density at radius 1 is 1.03 bits per heavy atom. The van der Waals surface area contributed by atoms with Crippen molar-refractivity contribution in [2.75, 3.05) is 19.9 Å². The van der Waals surface area contributed by atoms with Crippen molar-refractivity contribution in [1.29, 1.82) is 0 Å². The van der Waals surface area contributed by atoms with Crippen LogP contribution in [-0.4, -0.2) is 42.1 Å². The number of nitrogens with zero attached hydrogens (tertiary/aromatic N) is 1. The van der Waals surface area contributed by atoms with E-state index in [1.807, 2.05) is 0 Å². The second-order valence-corrected chi connectivity index (χ2v) is 7.93. The molecule has 3 aliphatic rings. The molecule has 0 aromatic heterocycles. The number of amides is 1. The van der Waals surface area contributed by atoms with Gasteiger partial charge in [-0.25, -0.2) is 0 Å². The normalized spacial score (nSPS) is 19.2. The molecular weight excluding hydrogens is 415 g/mol. The lowest BCUT2D eigenvalue weighted by molar-refractivity contribution is -0.140. The van der Waals surface area contributed by atoms with Crippen LogP contribution in [0.1, 0.15) is 45.5 Å². The van der Waals surface area contributed by atoms with Crippen LogP contribution in [0, 0.1) is 0 Å². The fourth-order valence-electron chi connectivity index (χ4n) is 4.34. The maximum atomic E-state index is 13.4. The summed E-state index contributed by atoms with van der Waals surface area (Å²) >= 11 is 0. The third kappa shape index (κ3) is 3.37. The second kappa shape index (κ2) is 6.90. The summed E-state index contributed by atoms with van der Waals surface area (Å²) in [4.78, 5) is 27.1. The number of carbonyl (C=O) groups is 2. The number of Topliss-reactive ketones (excluding diaryl/α,β-unsaturated/α-hetero) is 1. The van der Waals surface area contributed by atoms with Gasteiger partial charge in [0.1, 0.15) is 11.4 Å². The van der Waals surface area contributed by atoms with Crippen LogP contribution in [0.2, 0.25) is 0 Å². The van der Waals surface area contributed by atoms with Crippen molar-refractivity contribution in [3.8, 4) is 17.2 Å². The molecule has 1 spiro atoms. The molecule has 0 bridgehead atoms. The Kier molecular flexibility index (Phi) is 4.39. The van der Waals surface area contributed by atoms with Gasteiger partial charge >= 0.3 is 6.18 Å². The van der Waals surface area contributed by atoms with E-state index in [4.69, 9.17) is 14.2 Å². The highest BCUT2D eigenvalue weighted by molar-refractivity contribution is 6.01. The van der Waals surface area contributed by atoms with Crippen LogP contribution in [0.5, 0.6) is 17.2 Å². The quantitative estimate of drug-likeness (QED) is 0.678. The molecule has 3 heterocycles. The number of carbonyl (C=O) groups excluding carboxylic acids is 2. The zero-order chi connectivity index (χ0) is 21.8. The lowest BCUT2D eigenvalue weighted by atomic mass is 9.81. The smallest absolute Gasteiger partial charge is 0.419 e. The second-order valence-electron chi connectivity index (χ2n) is 7.93. The molecule has 1 saturated heterocycles. The van der Waals surface area contributed by atoms with Crippen LogP contribution in [0.3, 0.4) is 0 Å². The van der Waals surface area contributed by atoms with Crippen molar-refractivity contribution in [2.24, 2.45) is 0 Å². The zero-order valence-electron chi connectivity index (χ0n) is 16.3. The van der Waals surface area contributed by atoms with E-state index in [9.17, 15) is 22.8 Å². The minimum absolute atomic E-state index is 0.00658. The van der Waals surface area contributed by atoms with E-state index in [1.54, 1.807) is 23.1 Å². The highest BCUT2D eigenvalue weighted by atomic mass is 19.4. The highest BCUT2D eigenvalue weighted by Crippen LogP contribution is 2.46. The molecule has 0 saturated carbocycles. The monoisotopic (exact) mass is 433 g/mol. The first-order valence-electron chi connectivity index (χ1n) is 9.87. The average molecular weight is 433 g/mol. The van der Waals surface area contributed by atoms with Gasteiger partial charge in [-0.3, -0.25) is 9.59 Å². The predicted octanol–water partition coefficient (Wildman–Crippen LogP) is 4.07. The number of alkyl halides is 3. The summed E-state index contributed by atoms with van der Waals surface area (Å²) < 4.78 is 56.8. The van der Waals surface area contributed by atoms with E-state index >= 15 is 0 Å². The van der Waals surface area contributed by atoms with Gasteiger partial charge in [-0.1, -0.05) is 6.07 Å². The van der Waals surface area contributed by atoms with Crippen LogP contribution < -0.4 is 14.2 Å². The lowest BCUT2D eigenvalue weighted by Gasteiger charge is -2.44. The molecule has 0 aliphatic carbocycles. The molecule has 5 rings (SSSR count). The zero-order valence-corrected chi connectivity index (χ0v) is 16.3. The third-order valence-electron chi connectivity index (χ3n) is 6.00. The molecule has 6 nitrogen and oxygen atoms in total. The predicted molar refractivity (Wildman–Crippen MR) is 101 cm³/mol. The minimum atomic E-state index is -4.62. The number of hydrogen-bond acceptors (Lipinski definition) is 5. The first-order chi connectivity index (χ1) is 14.8. The van der Waals surface area contributed by atoms with E-state index in [2.05, 4.69) is 0 Å². The summed E-state index contributed by atoms with van der Waals surface area (Å²) in [6, 6.07) is 8.42. The van der Waals surface area contributed by atoms with Gasteiger partial charge in [0.05, 0.1) is 17.5 Å². The third-order valence-corrected chi connectivity index (χ3v) is 6.00. The lowest BCUT2D eigenvalue weighted by Crippen LogP contribution is -2.52. The van der Waals surface area contributed by atoms with Gasteiger partial charge in [-0.05, 0) is 30.3 Å². The number of rotatable bonds is 1. The summed E-state index contributed by atoms with van der Waals surface area (Å²) in [5, 5.41) is 0. The molecule has 1 fully saturated rings. The maximum absolute atomic E-state index is 13.4. The molecule has 162 valence electrons. The minimum Gasteiger partial charge on any atom is -0.485 e. The molecule has 0 unspecified atom stereocenters. The van der Waals surface area contributed by atoms with E-state index in [1.165, 1.54) is 12.1 Å².